The third-order valence-corrected chi connectivity index (χ3v) is 3.95. The Balaban J connectivity index is 0.00000261. The van der Waals surface area contributed by atoms with E-state index >= 15 is 0 Å². The fourth-order valence-electron chi connectivity index (χ4n) is 2.66. The van der Waals surface area contributed by atoms with Crippen LogP contribution in [0.3, 0.4) is 0 Å². The maximum atomic E-state index is 5.66. The Morgan fingerprint density at radius 1 is 1.04 bits per heavy atom. The van der Waals surface area contributed by atoms with Crippen LogP contribution in [0.5, 0.6) is 5.75 Å². The van der Waals surface area contributed by atoms with Crippen LogP contribution in [0, 0.1) is 0 Å². The summed E-state index contributed by atoms with van der Waals surface area (Å²) >= 11 is 0. The molecule has 3 aromatic rings. The molecule has 0 spiro atoms. The zero-order chi connectivity index (χ0) is 18.0. The fourth-order valence-corrected chi connectivity index (χ4v) is 2.66. The average molecular weight is 479 g/mol. The molecule has 3 rings (SSSR count). The predicted octanol–water partition coefficient (Wildman–Crippen LogP) is 3.36. The Labute approximate surface area is 176 Å². The van der Waals surface area contributed by atoms with Gasteiger partial charge in [-0.2, -0.15) is 0 Å². The van der Waals surface area contributed by atoms with Crippen molar-refractivity contribution in [3.63, 3.8) is 0 Å². The average Bonchev–Trinajstić information content (AvgIpc) is 3.10. The van der Waals surface area contributed by atoms with Gasteiger partial charge in [-0.3, -0.25) is 4.99 Å². The van der Waals surface area contributed by atoms with E-state index in [-0.39, 0.29) is 24.0 Å². The summed E-state index contributed by atoms with van der Waals surface area (Å²) in [6.07, 6.45) is 1.87. The van der Waals surface area contributed by atoms with E-state index in [1.54, 1.807) is 7.05 Å². The first-order chi connectivity index (χ1) is 12.8. The number of ether oxygens (including phenoxy) is 1. The van der Waals surface area contributed by atoms with Gasteiger partial charge in [0.25, 0.3) is 0 Å². The molecule has 0 aliphatic heterocycles. The first-order valence-corrected chi connectivity index (χ1v) is 8.91. The number of aliphatic imine (C=N–C) groups is 1. The lowest BCUT2D eigenvalue weighted by Gasteiger charge is -2.12. The molecule has 0 atom stereocenters. The number of nitrogens with zero attached hydrogens (tertiary/aromatic N) is 2. The molecular weight excluding hydrogens is 453 g/mol. The number of aryl methyl sites for hydroxylation is 1. The summed E-state index contributed by atoms with van der Waals surface area (Å²) in [6, 6.07) is 17.9. The smallest absolute Gasteiger partial charge is 0.191 e. The van der Waals surface area contributed by atoms with Crippen LogP contribution in [0.2, 0.25) is 0 Å². The van der Waals surface area contributed by atoms with Crippen LogP contribution in [0.1, 0.15) is 12.2 Å². The highest BCUT2D eigenvalue weighted by molar-refractivity contribution is 14.0. The molecule has 144 valence electrons. The van der Waals surface area contributed by atoms with Crippen LogP contribution >= 0.6 is 24.0 Å². The number of aromatic nitrogens is 2. The van der Waals surface area contributed by atoms with Crippen LogP contribution < -0.4 is 15.4 Å². The van der Waals surface area contributed by atoms with Gasteiger partial charge in [-0.25, -0.2) is 4.98 Å². The van der Waals surface area contributed by atoms with Crippen molar-refractivity contribution in [3.8, 4) is 5.75 Å². The van der Waals surface area contributed by atoms with E-state index in [1.807, 2.05) is 54.6 Å². The van der Waals surface area contributed by atoms with Crippen molar-refractivity contribution in [2.45, 2.75) is 12.8 Å². The number of halogens is 1. The molecule has 3 N–H and O–H groups in total. The summed E-state index contributed by atoms with van der Waals surface area (Å²) in [5, 5.41) is 6.56. The molecule has 0 amide bonds. The van der Waals surface area contributed by atoms with Crippen molar-refractivity contribution in [2.24, 2.45) is 4.99 Å². The van der Waals surface area contributed by atoms with Gasteiger partial charge in [-0.15, -0.1) is 24.0 Å². The molecule has 0 fully saturated rings. The van der Waals surface area contributed by atoms with Gasteiger partial charge in [0.15, 0.2) is 5.96 Å². The minimum absolute atomic E-state index is 0. The minimum atomic E-state index is 0. The van der Waals surface area contributed by atoms with E-state index in [2.05, 4.69) is 25.6 Å². The highest BCUT2D eigenvalue weighted by Gasteiger charge is 2.02. The second kappa shape index (κ2) is 11.4. The minimum Gasteiger partial charge on any atom is -0.492 e. The van der Waals surface area contributed by atoms with Crippen LogP contribution in [0.15, 0.2) is 59.6 Å². The quantitative estimate of drug-likeness (QED) is 0.201. The third-order valence-electron chi connectivity index (χ3n) is 3.95. The predicted molar refractivity (Wildman–Crippen MR) is 121 cm³/mol. The lowest BCUT2D eigenvalue weighted by Crippen LogP contribution is -2.39. The van der Waals surface area contributed by atoms with Crippen LogP contribution in [-0.4, -0.2) is 42.7 Å². The first kappa shape index (κ1) is 21.0. The van der Waals surface area contributed by atoms with Gasteiger partial charge in [0.05, 0.1) is 17.6 Å². The van der Waals surface area contributed by atoms with Crippen LogP contribution in [-0.2, 0) is 6.42 Å². The SMILES string of the molecule is CN=C(NCCCc1nc2ccccc2[nH]1)NCCOc1ccccc1.I. The standard InChI is InChI=1S/C20H25N5O.HI/c1-21-20(23-14-15-26-16-8-3-2-4-9-16)22-13-7-12-19-24-17-10-5-6-11-18(17)25-19;/h2-6,8-11H,7,12-15H2,1H3,(H,24,25)(H2,21,22,23);1H. The summed E-state index contributed by atoms with van der Waals surface area (Å²) in [4.78, 5) is 12.2. The van der Waals surface area contributed by atoms with Crippen LogP contribution in [0.4, 0.5) is 0 Å². The lowest BCUT2D eigenvalue weighted by molar-refractivity contribution is 0.322. The maximum Gasteiger partial charge on any atom is 0.191 e. The Morgan fingerprint density at radius 2 is 1.78 bits per heavy atom. The molecular formula is C20H26IN5O. The van der Waals surface area contributed by atoms with Gasteiger partial charge >= 0.3 is 0 Å². The molecule has 0 radical (unpaired) electrons. The first-order valence-electron chi connectivity index (χ1n) is 8.91. The van der Waals surface area contributed by atoms with Crippen molar-refractivity contribution >= 4 is 41.0 Å². The van der Waals surface area contributed by atoms with E-state index in [9.17, 15) is 0 Å². The number of guanidine groups is 1. The molecule has 1 aromatic heterocycles. The summed E-state index contributed by atoms with van der Waals surface area (Å²) in [6.45, 7) is 2.11. The van der Waals surface area contributed by atoms with Crippen molar-refractivity contribution in [2.75, 3.05) is 26.7 Å². The zero-order valence-electron chi connectivity index (χ0n) is 15.4. The van der Waals surface area contributed by atoms with Gasteiger partial charge < -0.3 is 20.4 Å². The molecule has 2 aromatic carbocycles. The maximum absolute atomic E-state index is 5.66. The summed E-state index contributed by atoms with van der Waals surface area (Å²) < 4.78 is 5.66. The van der Waals surface area contributed by atoms with Gasteiger partial charge in [0.2, 0.25) is 0 Å². The van der Waals surface area contributed by atoms with E-state index in [1.165, 1.54) is 0 Å². The number of hydrogen-bond acceptors (Lipinski definition) is 3. The number of fused-ring (bicyclic) bond motifs is 1. The number of imidazole rings is 1. The number of H-pyrrole nitrogens is 1. The Morgan fingerprint density at radius 3 is 2.56 bits per heavy atom. The van der Waals surface area contributed by atoms with Crippen molar-refractivity contribution < 1.29 is 4.74 Å². The van der Waals surface area contributed by atoms with E-state index in [4.69, 9.17) is 4.74 Å². The Bertz CT molecular complexity index is 802. The van der Waals surface area contributed by atoms with Crippen molar-refractivity contribution in [1.29, 1.82) is 0 Å². The second-order valence-electron chi connectivity index (χ2n) is 5.89. The monoisotopic (exact) mass is 479 g/mol. The molecule has 0 aliphatic carbocycles. The van der Waals surface area contributed by atoms with Gasteiger partial charge in [0, 0.05) is 20.0 Å². The van der Waals surface area contributed by atoms with E-state index in [0.717, 1.165) is 48.0 Å². The fraction of sp³-hybridized carbons (Fsp3) is 0.300. The van der Waals surface area contributed by atoms with Crippen LogP contribution in [0.25, 0.3) is 11.0 Å². The molecule has 0 saturated carbocycles. The third kappa shape index (κ3) is 6.74. The number of para-hydroxylation sites is 3. The van der Waals surface area contributed by atoms with Gasteiger partial charge in [0.1, 0.15) is 18.2 Å². The zero-order valence-corrected chi connectivity index (χ0v) is 17.8. The lowest BCUT2D eigenvalue weighted by atomic mass is 10.3. The van der Waals surface area contributed by atoms with E-state index < -0.39 is 0 Å². The Hall–Kier alpha value is -2.29. The molecule has 6 nitrogen and oxygen atoms in total. The Kier molecular flexibility index (Phi) is 8.90. The van der Waals surface area contributed by atoms with Crippen molar-refractivity contribution in [1.82, 2.24) is 20.6 Å². The van der Waals surface area contributed by atoms with E-state index in [0.29, 0.717) is 13.2 Å². The summed E-state index contributed by atoms with van der Waals surface area (Å²) in [7, 11) is 1.77. The topological polar surface area (TPSA) is 74.3 Å². The number of benzene rings is 2. The number of nitrogens with one attached hydrogen (secondary N) is 3. The second-order valence-corrected chi connectivity index (χ2v) is 5.89. The molecule has 1 heterocycles. The molecule has 0 saturated heterocycles. The highest BCUT2D eigenvalue weighted by atomic mass is 127. The summed E-state index contributed by atoms with van der Waals surface area (Å²) in [5.74, 6) is 2.68. The normalized spacial score (nSPS) is 11.1. The molecule has 27 heavy (non-hydrogen) atoms. The largest absolute Gasteiger partial charge is 0.492 e. The summed E-state index contributed by atoms with van der Waals surface area (Å²) in [5.41, 5.74) is 2.11. The number of rotatable bonds is 8. The molecule has 7 heteroatoms. The van der Waals surface area contributed by atoms with Crippen molar-refractivity contribution in [3.05, 3.63) is 60.4 Å². The van der Waals surface area contributed by atoms with Gasteiger partial charge in [-0.05, 0) is 30.7 Å². The number of hydrogen-bond donors (Lipinski definition) is 3. The highest BCUT2D eigenvalue weighted by Crippen LogP contribution is 2.11. The molecule has 0 aliphatic rings. The number of aromatic amines is 1. The molecule has 0 bridgehead atoms. The molecule has 0 unspecified atom stereocenters. The van der Waals surface area contributed by atoms with Gasteiger partial charge in [-0.1, -0.05) is 30.3 Å².